The van der Waals surface area contributed by atoms with E-state index in [9.17, 15) is 18.1 Å². The minimum Gasteiger partial charge on any atom is -0.376 e. The summed E-state index contributed by atoms with van der Waals surface area (Å²) < 4.78 is 34.1. The first-order valence-corrected chi connectivity index (χ1v) is 12.3. The lowest BCUT2D eigenvalue weighted by molar-refractivity contribution is -0.274. The fourth-order valence-electron chi connectivity index (χ4n) is 4.57. The Kier molecular flexibility index (Phi) is 5.25. The lowest BCUT2D eigenvalue weighted by Gasteiger charge is -2.29. The van der Waals surface area contributed by atoms with Crippen LogP contribution in [0.15, 0.2) is 18.5 Å². The van der Waals surface area contributed by atoms with E-state index < -0.39 is 20.4 Å². The van der Waals surface area contributed by atoms with Crippen molar-refractivity contribution in [3.05, 3.63) is 45.6 Å². The number of urea groups is 1. The van der Waals surface area contributed by atoms with Gasteiger partial charge in [0.1, 0.15) is 5.69 Å². The van der Waals surface area contributed by atoms with Gasteiger partial charge in [0.2, 0.25) is 0 Å². The number of nitrogens with one attached hydrogen (secondary N) is 1. The molecule has 10 nitrogen and oxygen atoms in total. The quantitative estimate of drug-likeness (QED) is 0.662. The number of nitroso groups, excluding NO2 is 1. The molecule has 1 aromatic heterocycles. The third-order valence-corrected chi connectivity index (χ3v) is 8.03. The summed E-state index contributed by atoms with van der Waals surface area (Å²) in [6, 6.07) is 0.936. The zero-order valence-corrected chi connectivity index (χ0v) is 18.7. The maximum absolute atomic E-state index is 13.3. The first-order valence-electron chi connectivity index (χ1n) is 10.9. The molecule has 0 saturated carbocycles. The molecule has 3 aliphatic rings. The van der Waals surface area contributed by atoms with E-state index in [4.69, 9.17) is 4.74 Å². The van der Waals surface area contributed by atoms with Crippen LogP contribution in [-0.4, -0.2) is 47.7 Å². The SMILES string of the molecule is Cn1cc(N(CC2CCCCO2)S(=O)(=O)[N+](=O)C(=O)Nc2c3c(cc4c2CC4)CC3)cn1. The molecule has 1 fully saturated rings. The average molecular weight is 461 g/mol. The number of benzene rings is 1. The number of carbonyl (C=O) groups excluding carboxylic acids is 1. The van der Waals surface area contributed by atoms with E-state index in [-0.39, 0.29) is 18.3 Å². The molecule has 2 aromatic rings. The molecule has 1 N–H and O–H groups in total. The smallest absolute Gasteiger partial charge is 0.376 e. The number of nitrogens with zero attached hydrogens (tertiary/aromatic N) is 4. The summed E-state index contributed by atoms with van der Waals surface area (Å²) in [4.78, 5) is 25.7. The summed E-state index contributed by atoms with van der Waals surface area (Å²) in [5, 5.41) is 6.62. The highest BCUT2D eigenvalue weighted by atomic mass is 32.2. The van der Waals surface area contributed by atoms with E-state index in [0.29, 0.717) is 18.7 Å². The van der Waals surface area contributed by atoms with Crippen molar-refractivity contribution in [3.63, 3.8) is 0 Å². The number of ether oxygens (including phenoxy) is 1. The Morgan fingerprint density at radius 3 is 2.50 bits per heavy atom. The Labute approximate surface area is 186 Å². The Bertz CT molecular complexity index is 1170. The third kappa shape index (κ3) is 3.58. The van der Waals surface area contributed by atoms with Crippen LogP contribution in [0.5, 0.6) is 0 Å². The summed E-state index contributed by atoms with van der Waals surface area (Å²) in [6.07, 6.45) is 8.49. The van der Waals surface area contributed by atoms with Gasteiger partial charge in [0.15, 0.2) is 4.17 Å². The normalized spacial score (nSPS) is 19.2. The molecule has 32 heavy (non-hydrogen) atoms. The first-order chi connectivity index (χ1) is 15.3. The molecule has 1 aromatic carbocycles. The standard InChI is InChI=1S/C21H25N5O5S/c1-24-12-16(11-22-24)25(13-17-4-2-3-9-31-17)32(29,30)26(28)21(27)23-20-18-7-5-14(18)10-15-6-8-19(15)20/h10-12,17H,2-9,13H2,1H3/p+1. The van der Waals surface area contributed by atoms with Gasteiger partial charge in [-0.2, -0.15) is 23.6 Å². The third-order valence-electron chi connectivity index (χ3n) is 6.52. The van der Waals surface area contributed by atoms with Crippen LogP contribution in [0.25, 0.3) is 0 Å². The summed E-state index contributed by atoms with van der Waals surface area (Å²) in [5.41, 5.74) is 5.14. The van der Waals surface area contributed by atoms with Crippen molar-refractivity contribution in [3.8, 4) is 0 Å². The van der Waals surface area contributed by atoms with Gasteiger partial charge >= 0.3 is 16.2 Å². The van der Waals surface area contributed by atoms with Crippen LogP contribution in [0.4, 0.5) is 16.2 Å². The Morgan fingerprint density at radius 1 is 1.25 bits per heavy atom. The molecule has 0 spiro atoms. The second-order valence-corrected chi connectivity index (χ2v) is 10.3. The van der Waals surface area contributed by atoms with E-state index >= 15 is 0 Å². The number of aryl methyl sites for hydroxylation is 3. The lowest BCUT2D eigenvalue weighted by Crippen LogP contribution is -2.46. The summed E-state index contributed by atoms with van der Waals surface area (Å²) in [7, 11) is -3.05. The molecule has 2 heterocycles. The van der Waals surface area contributed by atoms with Crippen LogP contribution < -0.4 is 9.62 Å². The first kappa shape index (κ1) is 21.1. The van der Waals surface area contributed by atoms with Crippen LogP contribution in [0, 0.1) is 4.91 Å². The maximum Gasteiger partial charge on any atom is 0.553 e. The molecule has 0 radical (unpaired) electrons. The van der Waals surface area contributed by atoms with Crippen molar-refractivity contribution in [1.82, 2.24) is 9.78 Å². The molecule has 2 aliphatic carbocycles. The van der Waals surface area contributed by atoms with Gasteiger partial charge in [-0.1, -0.05) is 6.07 Å². The van der Waals surface area contributed by atoms with Crippen LogP contribution in [0.3, 0.4) is 0 Å². The molecule has 11 heteroatoms. The second kappa shape index (κ2) is 7.96. The number of fused-ring (bicyclic) bond motifs is 2. The summed E-state index contributed by atoms with van der Waals surface area (Å²) in [6.45, 7) is 0.480. The maximum atomic E-state index is 13.3. The predicted octanol–water partition coefficient (Wildman–Crippen LogP) is 2.25. The highest BCUT2D eigenvalue weighted by Gasteiger charge is 2.43. The number of amides is 2. The number of rotatable bonds is 6. The molecular weight excluding hydrogens is 434 g/mol. The van der Waals surface area contributed by atoms with Crippen molar-refractivity contribution < 1.29 is 22.1 Å². The van der Waals surface area contributed by atoms with Gasteiger partial charge in [0, 0.05) is 31.0 Å². The van der Waals surface area contributed by atoms with Gasteiger partial charge in [0.05, 0.1) is 24.5 Å². The summed E-state index contributed by atoms with van der Waals surface area (Å²) in [5.74, 6) is 0. The number of carbonyl (C=O) groups is 1. The Balaban J connectivity index is 1.41. The molecule has 1 unspecified atom stereocenters. The van der Waals surface area contributed by atoms with Gasteiger partial charge in [-0.3, -0.25) is 4.68 Å². The zero-order chi connectivity index (χ0) is 22.5. The number of anilines is 2. The predicted molar refractivity (Wildman–Crippen MR) is 117 cm³/mol. The van der Waals surface area contributed by atoms with E-state index in [1.807, 2.05) is 0 Å². The van der Waals surface area contributed by atoms with E-state index in [1.54, 1.807) is 7.05 Å². The van der Waals surface area contributed by atoms with Crippen molar-refractivity contribution >= 4 is 27.6 Å². The van der Waals surface area contributed by atoms with Gasteiger partial charge in [-0.05, 0) is 61.0 Å². The monoisotopic (exact) mass is 460 g/mol. The van der Waals surface area contributed by atoms with Crippen LogP contribution in [0.2, 0.25) is 0 Å². The fourth-order valence-corrected chi connectivity index (χ4v) is 5.72. The minimum atomic E-state index is -4.70. The zero-order valence-electron chi connectivity index (χ0n) is 17.9. The Hall–Kier alpha value is -2.79. The Morgan fingerprint density at radius 2 is 1.97 bits per heavy atom. The molecule has 0 bridgehead atoms. The van der Waals surface area contributed by atoms with Crippen molar-refractivity contribution in [2.75, 3.05) is 22.8 Å². The lowest BCUT2D eigenvalue weighted by atomic mass is 9.76. The topological polar surface area (TPSA) is 114 Å². The second-order valence-electron chi connectivity index (χ2n) is 8.58. The number of hydrogen-bond acceptors (Lipinski definition) is 6. The molecular formula is C21H26N5O5S+. The van der Waals surface area contributed by atoms with E-state index in [2.05, 4.69) is 16.5 Å². The average Bonchev–Trinajstić information content (AvgIpc) is 3.15. The van der Waals surface area contributed by atoms with Crippen LogP contribution in [-0.2, 0) is 47.7 Å². The largest absolute Gasteiger partial charge is 0.553 e. The van der Waals surface area contributed by atoms with E-state index in [1.165, 1.54) is 17.1 Å². The molecule has 1 aliphatic heterocycles. The van der Waals surface area contributed by atoms with Gasteiger partial charge in [0.25, 0.3) is 0 Å². The fraction of sp³-hybridized carbons (Fsp3) is 0.524. The molecule has 170 valence electrons. The highest BCUT2D eigenvalue weighted by molar-refractivity contribution is 7.87. The molecule has 1 atom stereocenters. The molecule has 1 saturated heterocycles. The molecule has 5 rings (SSSR count). The van der Waals surface area contributed by atoms with Gasteiger partial charge in [-0.25, -0.2) is 4.31 Å². The number of hydrogen-bond donors (Lipinski definition) is 1. The van der Waals surface area contributed by atoms with Crippen molar-refractivity contribution in [2.45, 2.75) is 51.0 Å². The highest BCUT2D eigenvalue weighted by Crippen LogP contribution is 2.40. The van der Waals surface area contributed by atoms with Gasteiger partial charge in [-0.15, -0.1) is 0 Å². The minimum absolute atomic E-state index is 0.0593. The molecule has 2 amide bonds. The van der Waals surface area contributed by atoms with Crippen molar-refractivity contribution in [1.29, 1.82) is 0 Å². The van der Waals surface area contributed by atoms with Crippen molar-refractivity contribution in [2.24, 2.45) is 7.05 Å². The van der Waals surface area contributed by atoms with Gasteiger partial charge < -0.3 is 4.74 Å². The summed E-state index contributed by atoms with van der Waals surface area (Å²) >= 11 is 0. The van der Waals surface area contributed by atoms with Crippen LogP contribution in [0.1, 0.15) is 41.5 Å². The van der Waals surface area contributed by atoms with Crippen LogP contribution >= 0.6 is 0 Å². The van der Waals surface area contributed by atoms with E-state index in [0.717, 1.165) is 65.1 Å². The number of aromatic nitrogens is 2.